The highest BCUT2D eigenvalue weighted by Crippen LogP contribution is 2.29. The monoisotopic (exact) mass is 176 g/mol. The van der Waals surface area contributed by atoms with Gasteiger partial charge in [-0.15, -0.1) is 0 Å². The van der Waals surface area contributed by atoms with E-state index in [-0.39, 0.29) is 11.0 Å². The zero-order valence-corrected chi connectivity index (χ0v) is 8.24. The van der Waals surface area contributed by atoms with Crippen molar-refractivity contribution >= 4 is 11.8 Å². The van der Waals surface area contributed by atoms with Gasteiger partial charge in [0.15, 0.2) is 6.29 Å². The van der Waals surface area contributed by atoms with Crippen LogP contribution in [0.15, 0.2) is 0 Å². The lowest BCUT2D eigenvalue weighted by Gasteiger charge is -2.34. The average molecular weight is 176 g/mol. The molecule has 1 aliphatic heterocycles. The van der Waals surface area contributed by atoms with Gasteiger partial charge in [0.2, 0.25) is 0 Å². The molecule has 2 nitrogen and oxygen atoms in total. The van der Waals surface area contributed by atoms with Crippen molar-refractivity contribution in [3.05, 3.63) is 0 Å². The predicted octanol–water partition coefficient (Wildman–Crippen LogP) is 1.89. The summed E-state index contributed by atoms with van der Waals surface area (Å²) in [6.45, 7) is 5.98. The van der Waals surface area contributed by atoms with Crippen LogP contribution in [0.4, 0.5) is 0 Å². The lowest BCUT2D eigenvalue weighted by atomic mass is 10.2. The van der Waals surface area contributed by atoms with Crippen molar-refractivity contribution in [1.82, 2.24) is 0 Å². The molecular weight excluding hydrogens is 160 g/mol. The largest absolute Gasteiger partial charge is 0.351 e. The molecule has 0 saturated carbocycles. The third-order valence-electron chi connectivity index (χ3n) is 1.92. The first kappa shape index (κ1) is 9.36. The molecule has 0 N–H and O–H groups in total. The first-order valence-electron chi connectivity index (χ1n) is 3.95. The first-order valence-corrected chi connectivity index (χ1v) is 5.17. The molecule has 1 heterocycles. The first-order chi connectivity index (χ1) is 5.17. The molecule has 66 valence electrons. The SMILES string of the molecule is CSC(C)(C)C1OCCCO1. The van der Waals surface area contributed by atoms with Gasteiger partial charge in [0, 0.05) is 0 Å². The molecule has 1 rings (SSSR count). The van der Waals surface area contributed by atoms with Crippen molar-refractivity contribution in [3.8, 4) is 0 Å². The maximum atomic E-state index is 5.49. The van der Waals surface area contributed by atoms with Crippen LogP contribution in [0, 0.1) is 0 Å². The molecule has 1 aliphatic rings. The van der Waals surface area contributed by atoms with Gasteiger partial charge in [-0.3, -0.25) is 0 Å². The van der Waals surface area contributed by atoms with Crippen LogP contribution in [0.5, 0.6) is 0 Å². The second kappa shape index (κ2) is 3.78. The minimum Gasteiger partial charge on any atom is -0.351 e. The molecule has 0 aromatic heterocycles. The van der Waals surface area contributed by atoms with Crippen LogP contribution < -0.4 is 0 Å². The summed E-state index contributed by atoms with van der Waals surface area (Å²) in [5, 5.41) is 0. The summed E-state index contributed by atoms with van der Waals surface area (Å²) in [6.07, 6.45) is 3.09. The number of rotatable bonds is 2. The van der Waals surface area contributed by atoms with Crippen molar-refractivity contribution in [2.24, 2.45) is 0 Å². The summed E-state index contributed by atoms with van der Waals surface area (Å²) in [5.74, 6) is 0. The molecule has 1 fully saturated rings. The van der Waals surface area contributed by atoms with Crippen LogP contribution in [0.2, 0.25) is 0 Å². The Bertz CT molecular complexity index is 119. The van der Waals surface area contributed by atoms with Gasteiger partial charge in [-0.2, -0.15) is 11.8 Å². The molecule has 0 aliphatic carbocycles. The fraction of sp³-hybridized carbons (Fsp3) is 1.00. The molecule has 0 amide bonds. The zero-order chi connectivity index (χ0) is 8.32. The molecule has 0 aromatic carbocycles. The standard InChI is InChI=1S/C8H16O2S/c1-8(2,11-3)7-9-5-4-6-10-7/h7H,4-6H2,1-3H3. The Kier molecular flexibility index (Phi) is 3.22. The van der Waals surface area contributed by atoms with Crippen LogP contribution in [-0.4, -0.2) is 30.5 Å². The number of ether oxygens (including phenoxy) is 2. The van der Waals surface area contributed by atoms with Gasteiger partial charge >= 0.3 is 0 Å². The Morgan fingerprint density at radius 2 is 1.82 bits per heavy atom. The van der Waals surface area contributed by atoms with Gasteiger partial charge in [0.1, 0.15) is 0 Å². The molecule has 0 radical (unpaired) electrons. The summed E-state index contributed by atoms with van der Waals surface area (Å²) in [5.41, 5.74) is 0. The van der Waals surface area contributed by atoms with Gasteiger partial charge in [-0.05, 0) is 26.5 Å². The van der Waals surface area contributed by atoms with Gasteiger partial charge in [-0.25, -0.2) is 0 Å². The van der Waals surface area contributed by atoms with Gasteiger partial charge in [0.25, 0.3) is 0 Å². The van der Waals surface area contributed by atoms with E-state index in [0.717, 1.165) is 19.6 Å². The summed E-state index contributed by atoms with van der Waals surface area (Å²) in [6, 6.07) is 0. The van der Waals surface area contributed by atoms with E-state index in [1.54, 1.807) is 11.8 Å². The lowest BCUT2D eigenvalue weighted by Crippen LogP contribution is -2.40. The predicted molar refractivity (Wildman–Crippen MR) is 47.9 cm³/mol. The molecule has 0 atom stereocenters. The Labute approximate surface area is 72.6 Å². The van der Waals surface area contributed by atoms with Crippen LogP contribution in [0.25, 0.3) is 0 Å². The molecule has 0 spiro atoms. The fourth-order valence-corrected chi connectivity index (χ4v) is 1.31. The van der Waals surface area contributed by atoms with Crippen LogP contribution >= 0.6 is 11.8 Å². The highest BCUT2D eigenvalue weighted by Gasteiger charge is 2.31. The maximum absolute atomic E-state index is 5.49. The number of hydrogen-bond donors (Lipinski definition) is 0. The van der Waals surface area contributed by atoms with Gasteiger partial charge < -0.3 is 9.47 Å². The van der Waals surface area contributed by atoms with E-state index in [1.165, 1.54) is 0 Å². The van der Waals surface area contributed by atoms with Crippen molar-refractivity contribution < 1.29 is 9.47 Å². The van der Waals surface area contributed by atoms with Crippen molar-refractivity contribution in [3.63, 3.8) is 0 Å². The summed E-state index contributed by atoms with van der Waals surface area (Å²) in [7, 11) is 0. The minimum absolute atomic E-state index is 0.0220. The van der Waals surface area contributed by atoms with E-state index in [9.17, 15) is 0 Å². The molecule has 11 heavy (non-hydrogen) atoms. The van der Waals surface area contributed by atoms with Gasteiger partial charge in [0.05, 0.1) is 18.0 Å². The minimum atomic E-state index is -0.0220. The lowest BCUT2D eigenvalue weighted by molar-refractivity contribution is -0.190. The van der Waals surface area contributed by atoms with Crippen molar-refractivity contribution in [2.45, 2.75) is 31.3 Å². The second-order valence-electron chi connectivity index (χ2n) is 3.23. The summed E-state index contributed by atoms with van der Waals surface area (Å²) >= 11 is 1.78. The van der Waals surface area contributed by atoms with Crippen molar-refractivity contribution in [2.75, 3.05) is 19.5 Å². The third kappa shape index (κ3) is 2.36. The number of thioether (sulfide) groups is 1. The van der Waals surface area contributed by atoms with Crippen LogP contribution in [-0.2, 0) is 9.47 Å². The van der Waals surface area contributed by atoms with E-state index in [1.807, 2.05) is 0 Å². The van der Waals surface area contributed by atoms with Crippen LogP contribution in [0.1, 0.15) is 20.3 Å². The second-order valence-corrected chi connectivity index (χ2v) is 4.70. The summed E-state index contributed by atoms with van der Waals surface area (Å²) in [4.78, 5) is 0. The zero-order valence-electron chi connectivity index (χ0n) is 7.42. The molecule has 3 heteroatoms. The Morgan fingerprint density at radius 3 is 2.27 bits per heavy atom. The number of hydrogen-bond acceptors (Lipinski definition) is 3. The van der Waals surface area contributed by atoms with E-state index < -0.39 is 0 Å². The fourth-order valence-electron chi connectivity index (χ4n) is 0.985. The molecular formula is C8H16O2S. The Balaban J connectivity index is 2.43. The van der Waals surface area contributed by atoms with Crippen molar-refractivity contribution in [1.29, 1.82) is 0 Å². The molecule has 0 bridgehead atoms. The highest BCUT2D eigenvalue weighted by atomic mass is 32.2. The van der Waals surface area contributed by atoms with E-state index in [2.05, 4.69) is 20.1 Å². The smallest absolute Gasteiger partial charge is 0.171 e. The third-order valence-corrected chi connectivity index (χ3v) is 3.17. The normalized spacial score (nSPS) is 22.1. The Morgan fingerprint density at radius 1 is 1.27 bits per heavy atom. The van der Waals surface area contributed by atoms with Crippen LogP contribution in [0.3, 0.4) is 0 Å². The Hall–Kier alpha value is 0.270. The van der Waals surface area contributed by atoms with E-state index in [0.29, 0.717) is 0 Å². The average Bonchev–Trinajstić information content (AvgIpc) is 2.06. The maximum Gasteiger partial charge on any atom is 0.171 e. The van der Waals surface area contributed by atoms with Gasteiger partial charge in [-0.1, -0.05) is 0 Å². The quantitative estimate of drug-likeness (QED) is 0.640. The van der Waals surface area contributed by atoms with E-state index in [4.69, 9.17) is 9.47 Å². The molecule has 0 aromatic rings. The molecule has 1 saturated heterocycles. The van der Waals surface area contributed by atoms with E-state index >= 15 is 0 Å². The highest BCUT2D eigenvalue weighted by molar-refractivity contribution is 8.00. The topological polar surface area (TPSA) is 18.5 Å². The summed E-state index contributed by atoms with van der Waals surface area (Å²) < 4.78 is 11.1. The molecule has 0 unspecified atom stereocenters.